The van der Waals surface area contributed by atoms with E-state index >= 15 is 0 Å². The van der Waals surface area contributed by atoms with E-state index < -0.39 is 0 Å². The molecule has 0 spiro atoms. The van der Waals surface area contributed by atoms with Gasteiger partial charge in [0, 0.05) is 6.04 Å². The summed E-state index contributed by atoms with van der Waals surface area (Å²) < 4.78 is 0.542. The summed E-state index contributed by atoms with van der Waals surface area (Å²) in [7, 11) is 2.18. The van der Waals surface area contributed by atoms with Crippen LogP contribution < -0.4 is 0 Å². The summed E-state index contributed by atoms with van der Waals surface area (Å²) in [4.78, 5) is 2.39. The average Bonchev–Trinajstić information content (AvgIpc) is 2.65. The highest BCUT2D eigenvalue weighted by molar-refractivity contribution is 7.15. The number of nitrogens with zero attached hydrogens (tertiary/aromatic N) is 3. The van der Waals surface area contributed by atoms with E-state index in [1.165, 1.54) is 37.0 Å². The molecule has 3 nitrogen and oxygen atoms in total. The van der Waals surface area contributed by atoms with Crippen molar-refractivity contribution in [1.82, 2.24) is 15.1 Å². The Hall–Kier alpha value is -0.190. The van der Waals surface area contributed by atoms with Crippen LogP contribution in [0.25, 0.3) is 0 Å². The van der Waals surface area contributed by atoms with Crippen LogP contribution in [0.4, 0.5) is 0 Å². The lowest BCUT2D eigenvalue weighted by Crippen LogP contribution is -2.34. The Bertz CT molecular complexity index is 334. The smallest absolute Gasteiger partial charge is 0.207 e. The Morgan fingerprint density at radius 1 is 1.31 bits per heavy atom. The standard InChI is InChI=1S/C11H18ClN3S/c1-8-3-5-9(6-4-8)15(2)7-10-13-14-11(12)16-10/h8-9H,3-7H2,1-2H3. The van der Waals surface area contributed by atoms with Crippen LogP contribution in [0.1, 0.15) is 37.6 Å². The monoisotopic (exact) mass is 259 g/mol. The van der Waals surface area contributed by atoms with E-state index in [9.17, 15) is 0 Å². The first-order valence-electron chi connectivity index (χ1n) is 5.83. The van der Waals surface area contributed by atoms with Gasteiger partial charge in [-0.2, -0.15) is 0 Å². The fourth-order valence-electron chi connectivity index (χ4n) is 2.32. The van der Waals surface area contributed by atoms with Crippen molar-refractivity contribution in [2.75, 3.05) is 7.05 Å². The second-order valence-corrected chi connectivity index (χ2v) is 6.42. The van der Waals surface area contributed by atoms with Gasteiger partial charge >= 0.3 is 0 Å². The van der Waals surface area contributed by atoms with Crippen molar-refractivity contribution in [1.29, 1.82) is 0 Å². The fourth-order valence-corrected chi connectivity index (χ4v) is 3.25. The summed E-state index contributed by atoms with van der Waals surface area (Å²) in [6, 6.07) is 0.707. The number of rotatable bonds is 3. The summed E-state index contributed by atoms with van der Waals surface area (Å²) in [6.07, 6.45) is 5.33. The predicted octanol–water partition coefficient (Wildman–Crippen LogP) is 3.20. The van der Waals surface area contributed by atoms with Crippen molar-refractivity contribution >= 4 is 22.9 Å². The van der Waals surface area contributed by atoms with E-state index in [1.807, 2.05) is 0 Å². The van der Waals surface area contributed by atoms with Crippen LogP contribution >= 0.6 is 22.9 Å². The summed E-state index contributed by atoms with van der Waals surface area (Å²) >= 11 is 7.26. The maximum Gasteiger partial charge on any atom is 0.207 e. The van der Waals surface area contributed by atoms with Crippen LogP contribution in [0.15, 0.2) is 0 Å². The topological polar surface area (TPSA) is 29.0 Å². The van der Waals surface area contributed by atoms with E-state index in [0.29, 0.717) is 10.5 Å². The SMILES string of the molecule is CC1CCC(N(C)Cc2nnc(Cl)s2)CC1. The van der Waals surface area contributed by atoms with E-state index in [1.54, 1.807) is 0 Å². The number of aromatic nitrogens is 2. The molecule has 1 aliphatic carbocycles. The number of hydrogen-bond donors (Lipinski definition) is 0. The molecule has 2 rings (SSSR count). The molecule has 90 valence electrons. The minimum atomic E-state index is 0.542. The molecular weight excluding hydrogens is 242 g/mol. The highest BCUT2D eigenvalue weighted by Gasteiger charge is 2.22. The van der Waals surface area contributed by atoms with Gasteiger partial charge in [0.15, 0.2) is 0 Å². The van der Waals surface area contributed by atoms with Crippen LogP contribution in [-0.4, -0.2) is 28.2 Å². The van der Waals surface area contributed by atoms with Gasteiger partial charge in [0.2, 0.25) is 4.47 Å². The van der Waals surface area contributed by atoms with E-state index in [2.05, 4.69) is 29.1 Å². The maximum absolute atomic E-state index is 5.78. The molecule has 0 radical (unpaired) electrons. The second kappa shape index (κ2) is 5.43. The first kappa shape index (κ1) is 12.3. The molecule has 0 amide bonds. The van der Waals surface area contributed by atoms with Gasteiger partial charge in [0.25, 0.3) is 0 Å². The first-order chi connectivity index (χ1) is 7.65. The molecule has 0 atom stereocenters. The highest BCUT2D eigenvalue weighted by Crippen LogP contribution is 2.27. The molecule has 0 bridgehead atoms. The molecule has 1 saturated carbocycles. The molecule has 1 aromatic rings. The Morgan fingerprint density at radius 2 is 2.00 bits per heavy atom. The molecule has 0 aliphatic heterocycles. The third-order valence-electron chi connectivity index (χ3n) is 3.44. The van der Waals surface area contributed by atoms with Gasteiger partial charge in [-0.25, -0.2) is 0 Å². The van der Waals surface area contributed by atoms with E-state index in [4.69, 9.17) is 11.6 Å². The minimum absolute atomic E-state index is 0.542. The highest BCUT2D eigenvalue weighted by atomic mass is 35.5. The first-order valence-corrected chi connectivity index (χ1v) is 7.02. The van der Waals surface area contributed by atoms with Crippen LogP contribution in [0, 0.1) is 5.92 Å². The molecule has 1 aliphatic rings. The average molecular weight is 260 g/mol. The summed E-state index contributed by atoms with van der Waals surface area (Å²) in [5.74, 6) is 0.903. The summed E-state index contributed by atoms with van der Waals surface area (Å²) in [5, 5.41) is 8.91. The molecule has 5 heteroatoms. The molecule has 1 aromatic heterocycles. The minimum Gasteiger partial charge on any atom is -0.297 e. The quantitative estimate of drug-likeness (QED) is 0.835. The third-order valence-corrected chi connectivity index (χ3v) is 4.44. The van der Waals surface area contributed by atoms with Crippen LogP contribution in [0.2, 0.25) is 4.47 Å². The Balaban J connectivity index is 1.85. The zero-order valence-electron chi connectivity index (χ0n) is 9.82. The van der Waals surface area contributed by atoms with Gasteiger partial charge in [0.1, 0.15) is 5.01 Å². The predicted molar refractivity (Wildman–Crippen MR) is 67.8 cm³/mol. The molecule has 1 fully saturated rings. The molecule has 1 heterocycles. The van der Waals surface area contributed by atoms with Gasteiger partial charge < -0.3 is 0 Å². The molecule has 0 saturated heterocycles. The van der Waals surface area contributed by atoms with Gasteiger partial charge in [0.05, 0.1) is 6.54 Å². The van der Waals surface area contributed by atoms with E-state index in [0.717, 1.165) is 17.5 Å². The third kappa shape index (κ3) is 3.15. The van der Waals surface area contributed by atoms with Crippen molar-refractivity contribution in [2.45, 2.75) is 45.2 Å². The van der Waals surface area contributed by atoms with Crippen molar-refractivity contribution in [3.05, 3.63) is 9.47 Å². The number of hydrogen-bond acceptors (Lipinski definition) is 4. The van der Waals surface area contributed by atoms with Crippen LogP contribution in [0.5, 0.6) is 0 Å². The lowest BCUT2D eigenvalue weighted by atomic mass is 9.87. The van der Waals surface area contributed by atoms with Crippen LogP contribution in [-0.2, 0) is 6.54 Å². The number of halogens is 1. The van der Waals surface area contributed by atoms with Crippen molar-refractivity contribution in [3.8, 4) is 0 Å². The Labute approximate surface area is 106 Å². The van der Waals surface area contributed by atoms with Crippen molar-refractivity contribution in [3.63, 3.8) is 0 Å². The van der Waals surface area contributed by atoms with Crippen molar-refractivity contribution in [2.24, 2.45) is 5.92 Å². The lowest BCUT2D eigenvalue weighted by molar-refractivity contribution is 0.163. The fraction of sp³-hybridized carbons (Fsp3) is 0.818. The van der Waals surface area contributed by atoms with Crippen molar-refractivity contribution < 1.29 is 0 Å². The van der Waals surface area contributed by atoms with Gasteiger partial charge in [-0.3, -0.25) is 4.90 Å². The Kier molecular flexibility index (Phi) is 4.16. The molecule has 0 N–H and O–H groups in total. The summed E-state index contributed by atoms with van der Waals surface area (Å²) in [5.41, 5.74) is 0. The maximum atomic E-state index is 5.78. The zero-order chi connectivity index (χ0) is 11.5. The largest absolute Gasteiger partial charge is 0.297 e. The Morgan fingerprint density at radius 3 is 2.56 bits per heavy atom. The molecule has 0 aromatic carbocycles. The molecular formula is C11H18ClN3S. The van der Waals surface area contributed by atoms with Gasteiger partial charge in [-0.15, -0.1) is 10.2 Å². The second-order valence-electron chi connectivity index (χ2n) is 4.78. The van der Waals surface area contributed by atoms with E-state index in [-0.39, 0.29) is 0 Å². The van der Waals surface area contributed by atoms with Gasteiger partial charge in [-0.05, 0) is 50.2 Å². The molecule has 0 unspecified atom stereocenters. The lowest BCUT2D eigenvalue weighted by Gasteiger charge is -2.32. The molecule has 16 heavy (non-hydrogen) atoms. The van der Waals surface area contributed by atoms with Gasteiger partial charge in [-0.1, -0.05) is 18.3 Å². The zero-order valence-corrected chi connectivity index (χ0v) is 11.4. The van der Waals surface area contributed by atoms with Crippen LogP contribution in [0.3, 0.4) is 0 Å². The normalized spacial score (nSPS) is 26.2. The summed E-state index contributed by atoms with van der Waals surface area (Å²) in [6.45, 7) is 3.23.